The summed E-state index contributed by atoms with van der Waals surface area (Å²) >= 11 is 0. The summed E-state index contributed by atoms with van der Waals surface area (Å²) in [5.41, 5.74) is 2.67. The second-order valence-corrected chi connectivity index (χ2v) is 9.75. The normalized spacial score (nSPS) is 19.0. The molecule has 0 spiro atoms. The number of methoxy groups -OCH3 is 2. The maximum atomic E-state index is 11.7. The van der Waals surface area contributed by atoms with E-state index in [1.54, 1.807) is 20.3 Å². The van der Waals surface area contributed by atoms with Gasteiger partial charge in [-0.25, -0.2) is 0 Å². The molecule has 2 heterocycles. The first-order valence-electron chi connectivity index (χ1n) is 10.1. The molecule has 3 aromatic rings. The van der Waals surface area contributed by atoms with Crippen molar-refractivity contribution in [3.8, 4) is 17.2 Å². The minimum Gasteiger partial charge on any atom is -0.493 e. The molecule has 0 radical (unpaired) electrons. The molecule has 1 fully saturated rings. The van der Waals surface area contributed by atoms with Crippen LogP contribution in [0.25, 0.3) is 21.5 Å². The number of fused-ring (bicyclic) bond motifs is 7. The highest BCUT2D eigenvalue weighted by molar-refractivity contribution is 7.86. The Morgan fingerprint density at radius 1 is 0.933 bits per heavy atom. The van der Waals surface area contributed by atoms with Gasteiger partial charge in [-0.2, -0.15) is 8.42 Å². The van der Waals surface area contributed by atoms with Crippen molar-refractivity contribution >= 4 is 31.7 Å². The molecule has 5 rings (SSSR count). The van der Waals surface area contributed by atoms with Crippen LogP contribution in [0.15, 0.2) is 30.3 Å². The lowest BCUT2D eigenvalue weighted by Gasteiger charge is -2.33. The van der Waals surface area contributed by atoms with E-state index < -0.39 is 10.1 Å². The molecule has 0 bridgehead atoms. The number of ether oxygens (including phenoxy) is 2. The van der Waals surface area contributed by atoms with Crippen LogP contribution in [-0.4, -0.2) is 46.4 Å². The molecule has 0 amide bonds. The molecule has 2 aliphatic heterocycles. The van der Waals surface area contributed by atoms with Gasteiger partial charge in [0.2, 0.25) is 0 Å². The number of rotatable bonds is 4. The third kappa shape index (κ3) is 3.17. The molecule has 3 aromatic carbocycles. The van der Waals surface area contributed by atoms with Crippen molar-refractivity contribution in [3.05, 3.63) is 41.5 Å². The van der Waals surface area contributed by atoms with E-state index in [1.807, 2.05) is 24.3 Å². The Balaban J connectivity index is 1.84. The molecule has 158 valence electrons. The third-order valence-electron chi connectivity index (χ3n) is 6.37. The van der Waals surface area contributed by atoms with Crippen LogP contribution in [0, 0.1) is 0 Å². The summed E-state index contributed by atoms with van der Waals surface area (Å²) in [6.07, 6.45) is 4.52. The summed E-state index contributed by atoms with van der Waals surface area (Å²) < 4.78 is 39.7. The maximum absolute atomic E-state index is 11.7. The zero-order valence-corrected chi connectivity index (χ0v) is 18.2. The molecular weight excluding hydrogens is 402 g/mol. The molecule has 1 saturated heterocycles. The highest BCUT2D eigenvalue weighted by atomic mass is 32.2. The van der Waals surface area contributed by atoms with Crippen molar-refractivity contribution in [2.24, 2.45) is 0 Å². The first-order valence-corrected chi connectivity index (χ1v) is 12.0. The van der Waals surface area contributed by atoms with Gasteiger partial charge in [0, 0.05) is 12.6 Å². The monoisotopic (exact) mass is 427 g/mol. The molecule has 2 aliphatic rings. The van der Waals surface area contributed by atoms with Gasteiger partial charge in [0.25, 0.3) is 0 Å². The number of hydrogen-bond acceptors (Lipinski definition) is 6. The molecule has 0 saturated carbocycles. The van der Waals surface area contributed by atoms with E-state index in [2.05, 4.69) is 4.90 Å². The van der Waals surface area contributed by atoms with Crippen LogP contribution in [0.1, 0.15) is 24.0 Å². The van der Waals surface area contributed by atoms with Crippen molar-refractivity contribution in [1.29, 1.82) is 0 Å². The average Bonchev–Trinajstić information content (AvgIpc) is 3.18. The van der Waals surface area contributed by atoms with Crippen molar-refractivity contribution < 1.29 is 22.1 Å². The van der Waals surface area contributed by atoms with Crippen molar-refractivity contribution in [3.63, 3.8) is 0 Å². The summed E-state index contributed by atoms with van der Waals surface area (Å²) in [4.78, 5) is 2.57. The van der Waals surface area contributed by atoms with Crippen molar-refractivity contribution in [2.45, 2.75) is 31.8 Å². The number of nitrogens with zero attached hydrogens (tertiary/aromatic N) is 1. The predicted octanol–water partition coefficient (Wildman–Crippen LogP) is 3.87. The van der Waals surface area contributed by atoms with Crippen molar-refractivity contribution in [2.75, 3.05) is 27.0 Å². The minimum atomic E-state index is -3.60. The first-order chi connectivity index (χ1) is 14.4. The molecule has 30 heavy (non-hydrogen) atoms. The fraction of sp³-hybridized carbons (Fsp3) is 0.391. The van der Waals surface area contributed by atoms with Gasteiger partial charge >= 0.3 is 10.1 Å². The lowest BCUT2D eigenvalue weighted by atomic mass is 9.85. The number of benzene rings is 3. The summed E-state index contributed by atoms with van der Waals surface area (Å²) in [7, 11) is -0.336. The Morgan fingerprint density at radius 3 is 2.33 bits per heavy atom. The topological polar surface area (TPSA) is 65.1 Å². The Labute approximate surface area is 176 Å². The quantitative estimate of drug-likeness (QED) is 0.465. The van der Waals surface area contributed by atoms with Crippen LogP contribution in [-0.2, 0) is 23.1 Å². The van der Waals surface area contributed by atoms with Crippen LogP contribution >= 0.6 is 0 Å². The second kappa shape index (κ2) is 7.03. The Hall–Kier alpha value is -2.51. The zero-order valence-electron chi connectivity index (χ0n) is 17.4. The van der Waals surface area contributed by atoms with Gasteiger partial charge in [-0.1, -0.05) is 6.07 Å². The van der Waals surface area contributed by atoms with Crippen LogP contribution in [0.4, 0.5) is 0 Å². The Bertz CT molecular complexity index is 1270. The fourth-order valence-electron chi connectivity index (χ4n) is 5.10. The zero-order chi connectivity index (χ0) is 21.0. The SMILES string of the molecule is COc1cc2c3c(c4ccc(OS(C)(=O)=O)cc4c2cc1OC)C[C@H]1CCCN1C3. The summed E-state index contributed by atoms with van der Waals surface area (Å²) in [6, 6.07) is 10.2. The van der Waals surface area contributed by atoms with E-state index in [0.29, 0.717) is 23.3 Å². The largest absolute Gasteiger partial charge is 0.493 e. The summed E-state index contributed by atoms with van der Waals surface area (Å²) in [6.45, 7) is 2.06. The van der Waals surface area contributed by atoms with Gasteiger partial charge in [0.05, 0.1) is 20.5 Å². The van der Waals surface area contributed by atoms with Gasteiger partial charge in [-0.15, -0.1) is 0 Å². The predicted molar refractivity (Wildman–Crippen MR) is 117 cm³/mol. The van der Waals surface area contributed by atoms with Gasteiger partial charge in [-0.05, 0) is 82.7 Å². The van der Waals surface area contributed by atoms with E-state index in [1.165, 1.54) is 24.0 Å². The molecule has 0 aromatic heterocycles. The lowest BCUT2D eigenvalue weighted by molar-refractivity contribution is 0.229. The van der Waals surface area contributed by atoms with Crippen LogP contribution in [0.2, 0.25) is 0 Å². The van der Waals surface area contributed by atoms with E-state index in [0.717, 1.165) is 47.3 Å². The van der Waals surface area contributed by atoms with Gasteiger partial charge in [-0.3, -0.25) is 4.90 Å². The summed E-state index contributed by atoms with van der Waals surface area (Å²) in [5, 5.41) is 4.25. The first kappa shape index (κ1) is 19.5. The van der Waals surface area contributed by atoms with Gasteiger partial charge in [0.15, 0.2) is 11.5 Å². The van der Waals surface area contributed by atoms with E-state index in [9.17, 15) is 8.42 Å². The van der Waals surface area contributed by atoms with Gasteiger partial charge in [0.1, 0.15) is 5.75 Å². The third-order valence-corrected chi connectivity index (χ3v) is 6.86. The fourth-order valence-corrected chi connectivity index (χ4v) is 5.55. The molecule has 1 atom stereocenters. The molecular formula is C23H25NO5S. The van der Waals surface area contributed by atoms with E-state index in [-0.39, 0.29) is 0 Å². The molecule has 6 nitrogen and oxygen atoms in total. The molecule has 0 N–H and O–H groups in total. The maximum Gasteiger partial charge on any atom is 0.306 e. The van der Waals surface area contributed by atoms with Crippen LogP contribution < -0.4 is 13.7 Å². The molecule has 0 unspecified atom stereocenters. The Kier molecular flexibility index (Phi) is 4.56. The lowest BCUT2D eigenvalue weighted by Crippen LogP contribution is -2.35. The average molecular weight is 428 g/mol. The van der Waals surface area contributed by atoms with E-state index in [4.69, 9.17) is 13.7 Å². The molecule has 7 heteroatoms. The Morgan fingerprint density at radius 2 is 1.63 bits per heavy atom. The van der Waals surface area contributed by atoms with Crippen molar-refractivity contribution in [1.82, 2.24) is 4.90 Å². The van der Waals surface area contributed by atoms with Crippen LogP contribution in [0.5, 0.6) is 17.2 Å². The second-order valence-electron chi connectivity index (χ2n) is 8.18. The number of hydrogen-bond donors (Lipinski definition) is 0. The van der Waals surface area contributed by atoms with Crippen LogP contribution in [0.3, 0.4) is 0 Å². The standard InChI is InChI=1S/C23H25NO5S/c1-27-22-11-19-18-10-15(29-30(3,25)26)6-7-16(18)17-9-14-5-4-8-24(14)13-21(17)20(19)12-23(22)28-2/h6-7,10-12,14H,4-5,8-9,13H2,1-3H3/t14-/m1/s1. The van der Waals surface area contributed by atoms with E-state index >= 15 is 0 Å². The highest BCUT2D eigenvalue weighted by Gasteiger charge is 2.32. The molecule has 0 aliphatic carbocycles. The highest BCUT2D eigenvalue weighted by Crippen LogP contribution is 2.44. The minimum absolute atomic E-state index is 0.319. The summed E-state index contributed by atoms with van der Waals surface area (Å²) in [5.74, 6) is 1.66. The van der Waals surface area contributed by atoms with Gasteiger partial charge < -0.3 is 13.7 Å². The smallest absolute Gasteiger partial charge is 0.306 e.